The van der Waals surface area contributed by atoms with Crippen LogP contribution in [0.1, 0.15) is 54.4 Å². The van der Waals surface area contributed by atoms with Crippen LogP contribution in [0.3, 0.4) is 0 Å². The highest BCUT2D eigenvalue weighted by molar-refractivity contribution is 5.19. The normalized spacial score (nSPS) is 27.0. The summed E-state index contributed by atoms with van der Waals surface area (Å²) in [5.74, 6) is 0.588. The monoisotopic (exact) mass is 236 g/mol. The summed E-state index contributed by atoms with van der Waals surface area (Å²) >= 11 is 0. The summed E-state index contributed by atoms with van der Waals surface area (Å²) in [5, 5.41) is 9.73. The van der Waals surface area contributed by atoms with Gasteiger partial charge in [0.05, 0.1) is 6.10 Å². The molecule has 0 radical (unpaired) electrons. The summed E-state index contributed by atoms with van der Waals surface area (Å²) in [7, 11) is 0. The van der Waals surface area contributed by atoms with Gasteiger partial charge in [-0.25, -0.2) is 0 Å². The van der Waals surface area contributed by atoms with Crippen molar-refractivity contribution >= 4 is 0 Å². The Morgan fingerprint density at radius 2 is 2.06 bits per heavy atom. The van der Waals surface area contributed by atoms with Crippen molar-refractivity contribution in [1.82, 2.24) is 0 Å². The molecular weight excluding hydrogens is 208 g/mol. The van der Waals surface area contributed by atoms with Crippen LogP contribution in [-0.4, -0.2) is 11.2 Å². The van der Waals surface area contributed by atoms with E-state index in [-0.39, 0.29) is 16.9 Å². The van der Waals surface area contributed by atoms with Crippen molar-refractivity contribution in [1.29, 1.82) is 0 Å². The van der Waals surface area contributed by atoms with E-state index < -0.39 is 0 Å². The first-order chi connectivity index (χ1) is 7.68. The standard InChI is InChI=1S/C16H28O/c1-12-8-7-9-14(16(12,5)6)10-11-15(3,4)13(2)17/h8,10-11,13-14,17H,7,9H2,1-6H3/b11-10+/t13?,14-/m0/s1. The summed E-state index contributed by atoms with van der Waals surface area (Å²) in [6, 6.07) is 0. The number of aliphatic hydroxyl groups excluding tert-OH is 1. The fourth-order valence-electron chi connectivity index (χ4n) is 2.24. The molecule has 1 aliphatic carbocycles. The van der Waals surface area contributed by atoms with Crippen LogP contribution in [0, 0.1) is 16.7 Å². The largest absolute Gasteiger partial charge is 0.393 e. The predicted molar refractivity (Wildman–Crippen MR) is 74.9 cm³/mol. The molecule has 17 heavy (non-hydrogen) atoms. The zero-order valence-corrected chi connectivity index (χ0v) is 12.2. The second kappa shape index (κ2) is 4.97. The van der Waals surface area contributed by atoms with Crippen LogP contribution in [0.2, 0.25) is 0 Å². The van der Waals surface area contributed by atoms with E-state index in [1.54, 1.807) is 0 Å². The molecule has 2 atom stereocenters. The SMILES string of the molecule is CC1=CCC[C@@H](/C=C/C(C)(C)C(C)O)C1(C)C. The molecule has 0 saturated heterocycles. The second-order valence-electron chi connectivity index (χ2n) is 6.65. The minimum Gasteiger partial charge on any atom is -0.393 e. The Morgan fingerprint density at radius 1 is 1.47 bits per heavy atom. The number of hydrogen-bond acceptors (Lipinski definition) is 1. The van der Waals surface area contributed by atoms with E-state index in [4.69, 9.17) is 0 Å². The topological polar surface area (TPSA) is 20.2 Å². The molecule has 1 heteroatoms. The van der Waals surface area contributed by atoms with Crippen molar-refractivity contribution in [2.45, 2.75) is 60.5 Å². The quantitative estimate of drug-likeness (QED) is 0.723. The molecule has 0 aromatic carbocycles. The molecule has 0 aromatic rings. The zero-order valence-electron chi connectivity index (χ0n) is 12.2. The molecule has 0 aromatic heterocycles. The minimum absolute atomic E-state index is 0.134. The maximum absolute atomic E-state index is 9.73. The van der Waals surface area contributed by atoms with Crippen molar-refractivity contribution in [3.8, 4) is 0 Å². The highest BCUT2D eigenvalue weighted by atomic mass is 16.3. The van der Waals surface area contributed by atoms with Gasteiger partial charge in [-0.1, -0.05) is 51.5 Å². The third-order valence-corrected chi connectivity index (χ3v) is 4.71. The van der Waals surface area contributed by atoms with E-state index >= 15 is 0 Å². The molecule has 0 saturated carbocycles. The molecular formula is C16H28O. The summed E-state index contributed by atoms with van der Waals surface area (Å²) < 4.78 is 0. The van der Waals surface area contributed by atoms with Gasteiger partial charge < -0.3 is 5.11 Å². The zero-order chi connectivity index (χ0) is 13.3. The van der Waals surface area contributed by atoms with Crippen LogP contribution in [0.5, 0.6) is 0 Å². The summed E-state index contributed by atoms with van der Waals surface area (Å²) in [4.78, 5) is 0. The Labute approximate surface area is 107 Å². The Bertz CT molecular complexity index is 318. The fourth-order valence-corrected chi connectivity index (χ4v) is 2.24. The van der Waals surface area contributed by atoms with Gasteiger partial charge >= 0.3 is 0 Å². The minimum atomic E-state index is -0.304. The van der Waals surface area contributed by atoms with Gasteiger partial charge in [-0.2, -0.15) is 0 Å². The van der Waals surface area contributed by atoms with Crippen LogP contribution < -0.4 is 0 Å². The molecule has 1 N–H and O–H groups in total. The lowest BCUT2D eigenvalue weighted by Crippen LogP contribution is -2.28. The molecule has 0 amide bonds. The van der Waals surface area contributed by atoms with Crippen molar-refractivity contribution < 1.29 is 5.11 Å². The molecule has 1 aliphatic rings. The number of aliphatic hydroxyl groups is 1. The van der Waals surface area contributed by atoms with Crippen molar-refractivity contribution in [3.05, 3.63) is 23.8 Å². The average Bonchev–Trinajstić information content (AvgIpc) is 2.20. The van der Waals surface area contributed by atoms with E-state index in [2.05, 4.69) is 52.8 Å². The number of hydrogen-bond donors (Lipinski definition) is 1. The van der Waals surface area contributed by atoms with Crippen LogP contribution >= 0.6 is 0 Å². The molecule has 0 aliphatic heterocycles. The number of rotatable bonds is 3. The van der Waals surface area contributed by atoms with Gasteiger partial charge in [0.2, 0.25) is 0 Å². The van der Waals surface area contributed by atoms with Gasteiger partial charge in [0.1, 0.15) is 0 Å². The maximum atomic E-state index is 9.73. The van der Waals surface area contributed by atoms with Crippen LogP contribution in [0.4, 0.5) is 0 Å². The lowest BCUT2D eigenvalue weighted by atomic mass is 9.67. The van der Waals surface area contributed by atoms with E-state index in [1.807, 2.05) is 6.92 Å². The maximum Gasteiger partial charge on any atom is 0.0597 e. The first kappa shape index (κ1) is 14.5. The predicted octanol–water partition coefficient (Wildman–Crippen LogP) is 4.33. The van der Waals surface area contributed by atoms with Crippen molar-refractivity contribution in [3.63, 3.8) is 0 Å². The summed E-state index contributed by atoms with van der Waals surface area (Å²) in [5.41, 5.74) is 1.61. The Hall–Kier alpha value is -0.560. The summed E-state index contributed by atoms with van der Waals surface area (Å²) in [6.07, 6.45) is 8.98. The van der Waals surface area contributed by atoms with Crippen molar-refractivity contribution in [2.24, 2.45) is 16.7 Å². The molecule has 0 fully saturated rings. The van der Waals surface area contributed by atoms with Gasteiger partial charge in [0, 0.05) is 5.41 Å². The first-order valence-electron chi connectivity index (χ1n) is 6.72. The smallest absolute Gasteiger partial charge is 0.0597 e. The van der Waals surface area contributed by atoms with E-state index in [0.717, 1.165) is 0 Å². The third-order valence-electron chi connectivity index (χ3n) is 4.71. The van der Waals surface area contributed by atoms with Gasteiger partial charge in [0.25, 0.3) is 0 Å². The average molecular weight is 236 g/mol. The lowest BCUT2D eigenvalue weighted by molar-refractivity contribution is 0.0987. The van der Waals surface area contributed by atoms with Gasteiger partial charge in [0.15, 0.2) is 0 Å². The molecule has 1 rings (SSSR count). The molecule has 0 spiro atoms. The van der Waals surface area contributed by atoms with Gasteiger partial charge in [-0.05, 0) is 38.0 Å². The van der Waals surface area contributed by atoms with E-state index in [1.165, 1.54) is 18.4 Å². The molecule has 0 bridgehead atoms. The Morgan fingerprint density at radius 3 is 2.59 bits per heavy atom. The van der Waals surface area contributed by atoms with Gasteiger partial charge in [-0.3, -0.25) is 0 Å². The van der Waals surface area contributed by atoms with Crippen molar-refractivity contribution in [2.75, 3.05) is 0 Å². The molecule has 0 heterocycles. The summed E-state index contributed by atoms with van der Waals surface area (Å²) in [6.45, 7) is 12.9. The third kappa shape index (κ3) is 3.22. The Balaban J connectivity index is 2.83. The second-order valence-corrected chi connectivity index (χ2v) is 6.65. The number of allylic oxidation sites excluding steroid dienone is 3. The van der Waals surface area contributed by atoms with Crippen LogP contribution in [0.15, 0.2) is 23.8 Å². The highest BCUT2D eigenvalue weighted by Crippen LogP contribution is 2.42. The molecule has 1 nitrogen and oxygen atoms in total. The molecule has 98 valence electrons. The van der Waals surface area contributed by atoms with Gasteiger partial charge in [-0.15, -0.1) is 0 Å². The van der Waals surface area contributed by atoms with Crippen LogP contribution in [-0.2, 0) is 0 Å². The lowest BCUT2D eigenvalue weighted by Gasteiger charge is -2.38. The highest BCUT2D eigenvalue weighted by Gasteiger charge is 2.32. The molecule has 1 unspecified atom stereocenters. The Kier molecular flexibility index (Phi) is 4.24. The van der Waals surface area contributed by atoms with E-state index in [0.29, 0.717) is 5.92 Å². The first-order valence-corrected chi connectivity index (χ1v) is 6.72. The van der Waals surface area contributed by atoms with E-state index in [9.17, 15) is 5.11 Å². The van der Waals surface area contributed by atoms with Crippen LogP contribution in [0.25, 0.3) is 0 Å². The fraction of sp³-hybridized carbons (Fsp3) is 0.750.